The van der Waals surface area contributed by atoms with Crippen LogP contribution in [0.15, 0.2) is 105 Å². The van der Waals surface area contributed by atoms with Crippen molar-refractivity contribution < 1.29 is 18.8 Å². The molecule has 4 aromatic rings. The number of hydrogen-bond donors (Lipinski definition) is 3. The number of nitrogens with zero attached hydrogens (tertiary/aromatic N) is 3. The summed E-state index contributed by atoms with van der Waals surface area (Å²) in [5.74, 6) is 0.0216. The molecular weight excluding hydrogens is 488 g/mol. The zero-order valence-corrected chi connectivity index (χ0v) is 20.9. The Morgan fingerprint density at radius 3 is 2.49 bits per heavy atom. The lowest BCUT2D eigenvalue weighted by atomic mass is 9.92. The van der Waals surface area contributed by atoms with Crippen LogP contribution >= 0.6 is 0 Å². The molecule has 0 spiro atoms. The normalized spacial score (nSPS) is 18.2. The van der Waals surface area contributed by atoms with Crippen molar-refractivity contribution in [3.63, 3.8) is 0 Å². The highest BCUT2D eigenvalue weighted by atomic mass is 32.2. The number of aryl methyl sites for hydroxylation is 1. The van der Waals surface area contributed by atoms with Crippen LogP contribution in [0.1, 0.15) is 18.9 Å². The summed E-state index contributed by atoms with van der Waals surface area (Å²) in [5.41, 5.74) is 2.96. The number of fused-ring (bicyclic) bond motifs is 2. The summed E-state index contributed by atoms with van der Waals surface area (Å²) in [5, 5.41) is 23.8. The number of anilines is 2. The van der Waals surface area contributed by atoms with E-state index in [9.17, 15) is 18.8 Å². The van der Waals surface area contributed by atoms with Crippen molar-refractivity contribution >= 4 is 49.4 Å². The monoisotopic (exact) mass is 514 g/mol. The maximum absolute atomic E-state index is 13.4. The molecule has 4 aromatic carbocycles. The number of rotatable bonds is 4. The fraction of sp³-hybridized carbons (Fsp3) is 0.143. The van der Waals surface area contributed by atoms with Crippen molar-refractivity contribution in [1.82, 2.24) is 0 Å². The molecule has 1 unspecified atom stereocenters. The van der Waals surface area contributed by atoms with Crippen molar-refractivity contribution in [2.75, 3.05) is 10.5 Å². The summed E-state index contributed by atoms with van der Waals surface area (Å²) in [4.78, 5) is 4.80. The smallest absolute Gasteiger partial charge is 0.284 e. The van der Waals surface area contributed by atoms with Crippen LogP contribution in [0.3, 0.4) is 0 Å². The lowest BCUT2D eigenvalue weighted by Crippen LogP contribution is -2.32. The van der Waals surface area contributed by atoms with Crippen LogP contribution in [0.4, 0.5) is 17.1 Å². The number of sulfonamides is 1. The average Bonchev–Trinajstić information content (AvgIpc) is 2.90. The third-order valence-corrected chi connectivity index (χ3v) is 7.66. The number of benzene rings is 4. The Bertz CT molecular complexity index is 1630. The van der Waals surface area contributed by atoms with Crippen LogP contribution in [0.25, 0.3) is 10.8 Å². The summed E-state index contributed by atoms with van der Waals surface area (Å²) in [7, 11) is -4.24. The fourth-order valence-electron chi connectivity index (χ4n) is 4.40. The van der Waals surface area contributed by atoms with Crippen molar-refractivity contribution in [3.8, 4) is 0 Å². The highest BCUT2D eigenvalue weighted by Crippen LogP contribution is 2.30. The van der Waals surface area contributed by atoms with Gasteiger partial charge in [-0.1, -0.05) is 67.6 Å². The summed E-state index contributed by atoms with van der Waals surface area (Å²) < 4.78 is 31.1. The Morgan fingerprint density at radius 2 is 1.65 bits per heavy atom. The van der Waals surface area contributed by atoms with Crippen molar-refractivity contribution in [3.05, 3.63) is 96.6 Å². The van der Waals surface area contributed by atoms with E-state index in [1.165, 1.54) is 18.2 Å². The molecule has 1 aliphatic rings. The minimum Gasteiger partial charge on any atom is -0.338 e. The average molecular weight is 515 g/mol. The molecule has 37 heavy (non-hydrogen) atoms. The third-order valence-electron chi connectivity index (χ3n) is 6.39. The van der Waals surface area contributed by atoms with Crippen molar-refractivity contribution in [1.29, 1.82) is 0 Å². The van der Waals surface area contributed by atoms with E-state index in [1.54, 1.807) is 0 Å². The Kier molecular flexibility index (Phi) is 6.75. The summed E-state index contributed by atoms with van der Waals surface area (Å²) in [6, 6.07) is 26.7. The molecule has 0 amide bonds. The van der Waals surface area contributed by atoms with Crippen LogP contribution in [0.2, 0.25) is 0 Å². The number of aliphatic imine (C=N–C) groups is 1. The minimum absolute atomic E-state index is 0.102. The second-order valence-corrected chi connectivity index (χ2v) is 10.5. The predicted octanol–water partition coefficient (Wildman–Crippen LogP) is 5.98. The molecular formula is C28H26N4O4S. The van der Waals surface area contributed by atoms with Crippen LogP contribution in [0.5, 0.6) is 0 Å². The van der Waals surface area contributed by atoms with Gasteiger partial charge in [0.15, 0.2) is 5.84 Å². The van der Waals surface area contributed by atoms with Gasteiger partial charge >= 0.3 is 0 Å². The molecule has 0 radical (unpaired) electrons. The summed E-state index contributed by atoms with van der Waals surface area (Å²) in [6.45, 7) is 2.01. The Morgan fingerprint density at radius 1 is 0.919 bits per heavy atom. The second kappa shape index (κ2) is 10.1. The zero-order valence-electron chi connectivity index (χ0n) is 20.1. The molecule has 1 aliphatic heterocycles. The lowest BCUT2D eigenvalue weighted by Gasteiger charge is -2.23. The number of hydrogen-bond acceptors (Lipinski definition) is 6. The number of para-hydroxylation sites is 1. The first-order valence-corrected chi connectivity index (χ1v) is 13.3. The number of nitrogens with one attached hydrogen (secondary N) is 1. The highest BCUT2D eigenvalue weighted by molar-refractivity contribution is 7.90. The van der Waals surface area contributed by atoms with Gasteiger partial charge in [0.25, 0.3) is 10.0 Å². The first-order chi connectivity index (χ1) is 17.8. The SMILES string of the molecule is CC1CCc2ccccc2NC(=NS(=O)(=O)c2cccc(N(O)O)c2)C1=Nc1cccc2ccccc12. The second-order valence-electron chi connectivity index (χ2n) is 8.92. The van der Waals surface area contributed by atoms with Gasteiger partial charge in [0, 0.05) is 17.0 Å². The van der Waals surface area contributed by atoms with Crippen molar-refractivity contribution in [2.45, 2.75) is 24.7 Å². The van der Waals surface area contributed by atoms with Crippen LogP contribution < -0.4 is 10.5 Å². The molecule has 9 heteroatoms. The van der Waals surface area contributed by atoms with Crippen LogP contribution in [0, 0.1) is 5.92 Å². The molecule has 0 aromatic heterocycles. The lowest BCUT2D eigenvalue weighted by molar-refractivity contribution is 0.0290. The van der Waals surface area contributed by atoms with Gasteiger partial charge in [-0.2, -0.15) is 8.42 Å². The maximum Gasteiger partial charge on any atom is 0.284 e. The highest BCUT2D eigenvalue weighted by Gasteiger charge is 2.26. The van der Waals surface area contributed by atoms with Gasteiger partial charge < -0.3 is 5.32 Å². The quantitative estimate of drug-likeness (QED) is 0.289. The first kappa shape index (κ1) is 24.6. The molecule has 1 atom stereocenters. The molecule has 5 rings (SSSR count). The molecule has 0 saturated carbocycles. The van der Waals surface area contributed by atoms with Gasteiger partial charge in [-0.25, -0.2) is 4.99 Å². The molecule has 0 saturated heterocycles. The predicted molar refractivity (Wildman–Crippen MR) is 146 cm³/mol. The van der Waals surface area contributed by atoms with E-state index in [2.05, 4.69) is 9.71 Å². The topological polar surface area (TPSA) is 115 Å². The van der Waals surface area contributed by atoms with E-state index in [4.69, 9.17) is 4.99 Å². The summed E-state index contributed by atoms with van der Waals surface area (Å²) >= 11 is 0. The Balaban J connectivity index is 1.70. The molecule has 0 aliphatic carbocycles. The van der Waals surface area contributed by atoms with E-state index in [-0.39, 0.29) is 27.6 Å². The fourth-order valence-corrected chi connectivity index (χ4v) is 5.41. The molecule has 0 bridgehead atoms. The molecule has 188 valence electrons. The standard InChI is InChI=1S/C28H26N4O4S/c1-19-16-17-21-9-3-5-14-25(21)30-28(31-37(35,36)23-12-7-11-22(18-23)32(33)34)27(19)29-26-15-6-10-20-8-2-4-13-24(20)26/h2-15,18-19,33-34H,16-17H2,1H3,(H,30,31). The molecule has 1 heterocycles. The van der Waals surface area contributed by atoms with Crippen LogP contribution in [-0.2, 0) is 16.4 Å². The van der Waals surface area contributed by atoms with E-state index >= 15 is 0 Å². The summed E-state index contributed by atoms with van der Waals surface area (Å²) in [6.07, 6.45) is 1.55. The van der Waals surface area contributed by atoms with E-state index in [1.807, 2.05) is 73.7 Å². The Hall–Kier alpha value is -4.05. The molecule has 3 N–H and O–H groups in total. The maximum atomic E-state index is 13.4. The Labute approximate surface area is 215 Å². The van der Waals surface area contributed by atoms with Crippen molar-refractivity contribution in [2.24, 2.45) is 15.3 Å². The van der Waals surface area contributed by atoms with E-state index < -0.39 is 10.0 Å². The van der Waals surface area contributed by atoms with Crippen LogP contribution in [-0.4, -0.2) is 30.4 Å². The molecule has 0 fully saturated rings. The first-order valence-electron chi connectivity index (χ1n) is 11.9. The van der Waals surface area contributed by atoms with Gasteiger partial charge in [0.1, 0.15) is 0 Å². The molecule has 8 nitrogen and oxygen atoms in total. The van der Waals surface area contributed by atoms with Gasteiger partial charge in [-0.05, 0) is 54.1 Å². The van der Waals surface area contributed by atoms with E-state index in [0.717, 1.165) is 46.6 Å². The number of amidine groups is 1. The third kappa shape index (κ3) is 5.24. The van der Waals surface area contributed by atoms with E-state index in [0.29, 0.717) is 5.71 Å². The van der Waals surface area contributed by atoms with Gasteiger partial charge in [-0.15, -0.1) is 9.62 Å². The van der Waals surface area contributed by atoms with Gasteiger partial charge in [0.05, 0.1) is 22.0 Å². The van der Waals surface area contributed by atoms with Gasteiger partial charge in [-0.3, -0.25) is 10.4 Å². The van der Waals surface area contributed by atoms with Gasteiger partial charge in [0.2, 0.25) is 0 Å². The zero-order chi connectivity index (χ0) is 26.0. The largest absolute Gasteiger partial charge is 0.338 e. The minimum atomic E-state index is -4.24.